The van der Waals surface area contributed by atoms with Gasteiger partial charge in [-0.1, -0.05) is 0 Å². The van der Waals surface area contributed by atoms with E-state index in [-0.39, 0.29) is 11.4 Å². The smallest absolute Gasteiger partial charge is 0.164 e. The molecule has 0 fully saturated rings. The maximum atomic E-state index is 13.2. The molecule has 2 aromatic heterocycles. The van der Waals surface area contributed by atoms with E-state index in [1.165, 1.54) is 18.5 Å². The molecule has 0 aliphatic heterocycles. The molecule has 0 spiro atoms. The lowest BCUT2D eigenvalue weighted by Gasteiger charge is -2.19. The van der Waals surface area contributed by atoms with Crippen molar-refractivity contribution in [1.29, 1.82) is 0 Å². The molecule has 3 aromatic rings. The van der Waals surface area contributed by atoms with Crippen LogP contribution >= 0.6 is 0 Å². The summed E-state index contributed by atoms with van der Waals surface area (Å²) in [5.41, 5.74) is 2.11. The molecule has 1 N–H and O–H groups in total. The van der Waals surface area contributed by atoms with Crippen LogP contribution in [-0.2, 0) is 5.54 Å². The normalized spacial score (nSPS) is 11.9. The minimum Gasteiger partial charge on any atom is -0.372 e. The number of hydrogen-bond acceptors (Lipinski definition) is 4. The van der Waals surface area contributed by atoms with Crippen LogP contribution in [0.25, 0.3) is 22.3 Å². The van der Waals surface area contributed by atoms with E-state index in [4.69, 9.17) is 5.10 Å². The third-order valence-corrected chi connectivity index (χ3v) is 3.45. The van der Waals surface area contributed by atoms with E-state index in [1.807, 2.05) is 11.7 Å². The Morgan fingerprint density at radius 2 is 1.77 bits per heavy atom. The van der Waals surface area contributed by atoms with Crippen LogP contribution in [-0.4, -0.2) is 26.8 Å². The molecule has 0 saturated heterocycles. The zero-order chi connectivity index (χ0) is 15.9. The molecule has 114 valence electrons. The van der Waals surface area contributed by atoms with Gasteiger partial charge < -0.3 is 5.32 Å². The molecule has 0 unspecified atom stereocenters. The predicted molar refractivity (Wildman–Crippen MR) is 85.3 cm³/mol. The highest BCUT2D eigenvalue weighted by Gasteiger charge is 2.24. The Labute approximate surface area is 128 Å². The van der Waals surface area contributed by atoms with Gasteiger partial charge in [0, 0.05) is 12.6 Å². The first-order valence-corrected chi connectivity index (χ1v) is 7.09. The first-order chi connectivity index (χ1) is 10.4. The number of fused-ring (bicyclic) bond motifs is 1. The zero-order valence-electron chi connectivity index (χ0n) is 13.1. The monoisotopic (exact) mass is 299 g/mol. The van der Waals surface area contributed by atoms with E-state index >= 15 is 0 Å². The summed E-state index contributed by atoms with van der Waals surface area (Å²) in [6.45, 7) is 6.19. The molecule has 2 heterocycles. The van der Waals surface area contributed by atoms with Gasteiger partial charge in [0.15, 0.2) is 5.65 Å². The van der Waals surface area contributed by atoms with Gasteiger partial charge in [-0.2, -0.15) is 5.10 Å². The van der Waals surface area contributed by atoms with Crippen molar-refractivity contribution < 1.29 is 4.39 Å². The van der Waals surface area contributed by atoms with Crippen molar-refractivity contribution in [2.75, 3.05) is 12.4 Å². The van der Waals surface area contributed by atoms with Gasteiger partial charge >= 0.3 is 0 Å². The molecule has 6 heteroatoms. The van der Waals surface area contributed by atoms with Crippen LogP contribution in [0.15, 0.2) is 30.6 Å². The van der Waals surface area contributed by atoms with E-state index in [0.717, 1.165) is 22.3 Å². The fourth-order valence-electron chi connectivity index (χ4n) is 2.42. The maximum Gasteiger partial charge on any atom is 0.164 e. The molecule has 1 aromatic carbocycles. The minimum absolute atomic E-state index is 0.226. The van der Waals surface area contributed by atoms with Gasteiger partial charge in [0.2, 0.25) is 0 Å². The SMILES string of the molecule is CNc1ncnc2c1c(-c1ccc(F)cc1)nn2C(C)(C)C. The molecule has 0 radical (unpaired) electrons. The fraction of sp³-hybridized carbons (Fsp3) is 0.312. The predicted octanol–water partition coefficient (Wildman–Crippen LogP) is 3.43. The van der Waals surface area contributed by atoms with Crippen molar-refractivity contribution >= 4 is 16.9 Å². The van der Waals surface area contributed by atoms with Crippen LogP contribution in [0, 0.1) is 5.82 Å². The molecule has 0 aliphatic rings. The number of nitrogens with one attached hydrogen (secondary N) is 1. The second kappa shape index (κ2) is 5.05. The summed E-state index contributed by atoms with van der Waals surface area (Å²) in [5, 5.41) is 8.64. The van der Waals surface area contributed by atoms with Crippen LogP contribution in [0.1, 0.15) is 20.8 Å². The molecular weight excluding hydrogens is 281 g/mol. The van der Waals surface area contributed by atoms with Crippen molar-refractivity contribution in [1.82, 2.24) is 19.7 Å². The molecule has 0 bridgehead atoms. The quantitative estimate of drug-likeness (QED) is 0.787. The Bertz CT molecular complexity index is 815. The third kappa shape index (κ3) is 2.30. The highest BCUT2D eigenvalue weighted by molar-refractivity contribution is 5.99. The van der Waals surface area contributed by atoms with E-state index in [0.29, 0.717) is 5.82 Å². The van der Waals surface area contributed by atoms with Crippen LogP contribution in [0.5, 0.6) is 0 Å². The van der Waals surface area contributed by atoms with Crippen molar-refractivity contribution in [3.8, 4) is 11.3 Å². The van der Waals surface area contributed by atoms with E-state index < -0.39 is 0 Å². The molecule has 5 nitrogen and oxygen atoms in total. The Morgan fingerprint density at radius 3 is 2.36 bits per heavy atom. The first kappa shape index (κ1) is 14.4. The lowest BCUT2D eigenvalue weighted by molar-refractivity contribution is 0.367. The number of aromatic nitrogens is 4. The van der Waals surface area contributed by atoms with E-state index in [1.54, 1.807) is 12.1 Å². The van der Waals surface area contributed by atoms with Gasteiger partial charge in [-0.05, 0) is 45.0 Å². The fourth-order valence-corrected chi connectivity index (χ4v) is 2.42. The van der Waals surface area contributed by atoms with Gasteiger partial charge in [0.1, 0.15) is 23.7 Å². The van der Waals surface area contributed by atoms with Crippen molar-refractivity contribution in [2.24, 2.45) is 0 Å². The van der Waals surface area contributed by atoms with Gasteiger partial charge in [0.25, 0.3) is 0 Å². The number of halogens is 1. The second-order valence-corrected chi connectivity index (χ2v) is 6.11. The Hall–Kier alpha value is -2.50. The van der Waals surface area contributed by atoms with Gasteiger partial charge in [0.05, 0.1) is 10.9 Å². The second-order valence-electron chi connectivity index (χ2n) is 6.11. The lowest BCUT2D eigenvalue weighted by atomic mass is 10.1. The van der Waals surface area contributed by atoms with E-state index in [9.17, 15) is 4.39 Å². The molecule has 3 rings (SSSR count). The topological polar surface area (TPSA) is 55.6 Å². The largest absolute Gasteiger partial charge is 0.372 e. The molecule has 0 atom stereocenters. The van der Waals surface area contributed by atoms with Gasteiger partial charge in [-0.15, -0.1) is 0 Å². The van der Waals surface area contributed by atoms with Crippen LogP contribution in [0.4, 0.5) is 10.2 Å². The molecular formula is C16H18FN5. The molecule has 0 amide bonds. The highest BCUT2D eigenvalue weighted by Crippen LogP contribution is 2.33. The molecule has 0 aliphatic carbocycles. The Morgan fingerprint density at radius 1 is 1.09 bits per heavy atom. The Kier molecular flexibility index (Phi) is 3.31. The summed E-state index contributed by atoms with van der Waals surface area (Å²) >= 11 is 0. The summed E-state index contributed by atoms with van der Waals surface area (Å²) in [6.07, 6.45) is 1.52. The highest BCUT2D eigenvalue weighted by atomic mass is 19.1. The summed E-state index contributed by atoms with van der Waals surface area (Å²) in [5.74, 6) is 0.438. The van der Waals surface area contributed by atoms with Crippen molar-refractivity contribution in [3.63, 3.8) is 0 Å². The van der Waals surface area contributed by atoms with Gasteiger partial charge in [-0.3, -0.25) is 0 Å². The number of anilines is 1. The van der Waals surface area contributed by atoms with Crippen molar-refractivity contribution in [3.05, 3.63) is 36.4 Å². The number of benzene rings is 1. The number of rotatable bonds is 2. The summed E-state index contributed by atoms with van der Waals surface area (Å²) in [4.78, 5) is 8.67. The molecule has 0 saturated carbocycles. The standard InChI is InChI=1S/C16H18FN5/c1-16(2,3)22-15-12(14(18-4)19-9-20-15)13(21-22)10-5-7-11(17)8-6-10/h5-9H,1-4H3,(H,18,19,20). The van der Waals surface area contributed by atoms with Crippen LogP contribution in [0.3, 0.4) is 0 Å². The van der Waals surface area contributed by atoms with E-state index in [2.05, 4.69) is 36.1 Å². The average molecular weight is 299 g/mol. The summed E-state index contributed by atoms with van der Waals surface area (Å²) in [6, 6.07) is 6.30. The summed E-state index contributed by atoms with van der Waals surface area (Å²) < 4.78 is 15.1. The third-order valence-electron chi connectivity index (χ3n) is 3.45. The average Bonchev–Trinajstić information content (AvgIpc) is 2.88. The van der Waals surface area contributed by atoms with Gasteiger partial charge in [-0.25, -0.2) is 19.0 Å². The van der Waals surface area contributed by atoms with Crippen molar-refractivity contribution in [2.45, 2.75) is 26.3 Å². The zero-order valence-corrected chi connectivity index (χ0v) is 13.1. The Balaban J connectivity index is 2.36. The lowest BCUT2D eigenvalue weighted by Crippen LogP contribution is -2.23. The van der Waals surface area contributed by atoms with Crippen LogP contribution < -0.4 is 5.32 Å². The first-order valence-electron chi connectivity index (χ1n) is 7.09. The summed E-state index contributed by atoms with van der Waals surface area (Å²) in [7, 11) is 1.81. The molecule has 22 heavy (non-hydrogen) atoms. The maximum absolute atomic E-state index is 13.2. The van der Waals surface area contributed by atoms with Crippen LogP contribution in [0.2, 0.25) is 0 Å². The minimum atomic E-state index is -0.270. The number of hydrogen-bond donors (Lipinski definition) is 1. The number of nitrogens with zero attached hydrogens (tertiary/aromatic N) is 4.